The summed E-state index contributed by atoms with van der Waals surface area (Å²) in [6.07, 6.45) is 4.93. The fraction of sp³-hybridized carbons (Fsp3) is 0.250. The molecule has 2 heterocycles. The number of hydrogen-bond donors (Lipinski definition) is 0. The van der Waals surface area contributed by atoms with Gasteiger partial charge >= 0.3 is 0 Å². The van der Waals surface area contributed by atoms with Crippen LogP contribution >= 0.6 is 0 Å². The predicted molar refractivity (Wildman–Crippen MR) is 103 cm³/mol. The highest BCUT2D eigenvalue weighted by atomic mass is 32.2. The highest BCUT2D eigenvalue weighted by Gasteiger charge is 2.32. The Morgan fingerprint density at radius 3 is 2.70 bits per heavy atom. The summed E-state index contributed by atoms with van der Waals surface area (Å²) < 4.78 is 44.3. The molecular formula is C20H20FN3O2S. The molecule has 0 atom stereocenters. The number of sulfonamides is 1. The molecule has 0 saturated carbocycles. The summed E-state index contributed by atoms with van der Waals surface area (Å²) in [5.41, 5.74) is 3.89. The fourth-order valence-electron chi connectivity index (χ4n) is 3.61. The van der Waals surface area contributed by atoms with Crippen LogP contribution in [0.3, 0.4) is 0 Å². The lowest BCUT2D eigenvalue weighted by Gasteiger charge is -2.32. The molecule has 0 amide bonds. The van der Waals surface area contributed by atoms with Crippen LogP contribution < -0.4 is 4.31 Å². The summed E-state index contributed by atoms with van der Waals surface area (Å²) in [5.74, 6) is -0.747. The standard InChI is InChI=1S/C20H20FN3O2S/c1-14-5-3-6-15-7-4-10-24(20(14)15)27(25,26)19-11-16(8-9-18(19)21)17-12-22-23(2)13-17/h3,5-6,8-9,11-13H,4,7,10H2,1-2H3. The van der Waals surface area contributed by atoms with Crippen LogP contribution in [0.2, 0.25) is 0 Å². The molecule has 0 unspecified atom stereocenters. The molecule has 5 nitrogen and oxygen atoms in total. The normalized spacial score (nSPS) is 14.3. The van der Waals surface area contributed by atoms with Gasteiger partial charge in [0.2, 0.25) is 0 Å². The van der Waals surface area contributed by atoms with Crippen molar-refractivity contribution >= 4 is 15.7 Å². The Kier molecular flexibility index (Phi) is 4.26. The third kappa shape index (κ3) is 3.02. The van der Waals surface area contributed by atoms with Gasteiger partial charge in [0.15, 0.2) is 0 Å². The van der Waals surface area contributed by atoms with E-state index in [4.69, 9.17) is 0 Å². The minimum absolute atomic E-state index is 0.306. The minimum atomic E-state index is -4.02. The molecule has 0 saturated heterocycles. The second kappa shape index (κ2) is 6.49. The van der Waals surface area contributed by atoms with Crippen molar-refractivity contribution in [2.75, 3.05) is 10.8 Å². The van der Waals surface area contributed by atoms with Crippen molar-refractivity contribution in [2.24, 2.45) is 7.05 Å². The summed E-state index contributed by atoms with van der Waals surface area (Å²) in [6, 6.07) is 9.92. The number of anilines is 1. The van der Waals surface area contributed by atoms with Crippen molar-refractivity contribution in [1.82, 2.24) is 9.78 Å². The molecule has 140 valence electrons. The Labute approximate surface area is 158 Å². The van der Waals surface area contributed by atoms with Gasteiger partial charge in [-0.1, -0.05) is 24.3 Å². The van der Waals surface area contributed by atoms with E-state index in [2.05, 4.69) is 5.10 Å². The van der Waals surface area contributed by atoms with Gasteiger partial charge in [0.25, 0.3) is 10.0 Å². The van der Waals surface area contributed by atoms with Crippen LogP contribution in [0.15, 0.2) is 53.7 Å². The van der Waals surface area contributed by atoms with E-state index in [1.165, 1.54) is 16.4 Å². The second-order valence-electron chi connectivity index (χ2n) is 6.81. The van der Waals surface area contributed by atoms with Crippen molar-refractivity contribution in [3.05, 3.63) is 65.7 Å². The van der Waals surface area contributed by atoms with Gasteiger partial charge in [0.1, 0.15) is 10.7 Å². The molecule has 0 radical (unpaired) electrons. The van der Waals surface area contributed by atoms with Crippen molar-refractivity contribution in [3.63, 3.8) is 0 Å². The van der Waals surface area contributed by atoms with E-state index in [1.807, 2.05) is 25.1 Å². The van der Waals surface area contributed by atoms with E-state index in [-0.39, 0.29) is 4.90 Å². The van der Waals surface area contributed by atoms with Gasteiger partial charge in [0, 0.05) is 25.4 Å². The number of para-hydroxylation sites is 1. The smallest absolute Gasteiger partial charge is 0.267 e. The monoisotopic (exact) mass is 385 g/mol. The zero-order valence-electron chi connectivity index (χ0n) is 15.2. The van der Waals surface area contributed by atoms with Gasteiger partial charge in [-0.05, 0) is 48.6 Å². The molecule has 0 spiro atoms. The Morgan fingerprint density at radius 1 is 1.15 bits per heavy atom. The average molecular weight is 385 g/mol. The first-order valence-electron chi connectivity index (χ1n) is 8.78. The number of benzene rings is 2. The van der Waals surface area contributed by atoms with Crippen LogP contribution in [-0.4, -0.2) is 24.7 Å². The van der Waals surface area contributed by atoms with Gasteiger partial charge in [-0.25, -0.2) is 12.8 Å². The summed E-state index contributed by atoms with van der Waals surface area (Å²) in [4.78, 5) is -0.306. The molecule has 1 aliphatic heterocycles. The third-order valence-electron chi connectivity index (χ3n) is 4.92. The zero-order chi connectivity index (χ0) is 19.2. The number of aromatic nitrogens is 2. The number of hydrogen-bond acceptors (Lipinski definition) is 3. The summed E-state index contributed by atoms with van der Waals surface area (Å²) >= 11 is 0. The maximum absolute atomic E-state index is 14.6. The second-order valence-corrected chi connectivity index (χ2v) is 8.64. The highest BCUT2D eigenvalue weighted by Crippen LogP contribution is 2.36. The lowest BCUT2D eigenvalue weighted by molar-refractivity contribution is 0.561. The third-order valence-corrected chi connectivity index (χ3v) is 6.73. The van der Waals surface area contributed by atoms with E-state index in [0.29, 0.717) is 24.2 Å². The molecule has 0 aliphatic carbocycles. The first kappa shape index (κ1) is 17.7. The molecule has 4 rings (SSSR count). The summed E-state index contributed by atoms with van der Waals surface area (Å²) in [6.45, 7) is 2.23. The van der Waals surface area contributed by atoms with Crippen LogP contribution in [0.25, 0.3) is 11.1 Å². The minimum Gasteiger partial charge on any atom is -0.275 e. The topological polar surface area (TPSA) is 55.2 Å². The zero-order valence-corrected chi connectivity index (χ0v) is 16.0. The van der Waals surface area contributed by atoms with Crippen LogP contribution in [-0.2, 0) is 23.5 Å². The first-order chi connectivity index (χ1) is 12.9. The number of nitrogens with zero attached hydrogens (tertiary/aromatic N) is 3. The highest BCUT2D eigenvalue weighted by molar-refractivity contribution is 7.92. The van der Waals surface area contributed by atoms with Crippen LogP contribution in [0.4, 0.5) is 10.1 Å². The van der Waals surface area contributed by atoms with Gasteiger partial charge in [-0.15, -0.1) is 0 Å². The molecule has 7 heteroatoms. The van der Waals surface area contributed by atoms with Gasteiger partial charge < -0.3 is 0 Å². The largest absolute Gasteiger partial charge is 0.275 e. The average Bonchev–Trinajstić information content (AvgIpc) is 3.08. The molecule has 0 fully saturated rings. The van der Waals surface area contributed by atoms with Crippen LogP contribution in [0, 0.1) is 12.7 Å². The lowest BCUT2D eigenvalue weighted by atomic mass is 10.0. The Morgan fingerprint density at radius 2 is 1.96 bits per heavy atom. The van der Waals surface area contributed by atoms with Crippen molar-refractivity contribution < 1.29 is 12.8 Å². The van der Waals surface area contributed by atoms with E-state index in [0.717, 1.165) is 23.1 Å². The molecule has 0 bridgehead atoms. The quantitative estimate of drug-likeness (QED) is 0.691. The van der Waals surface area contributed by atoms with Crippen molar-refractivity contribution in [3.8, 4) is 11.1 Å². The molecule has 3 aromatic rings. The maximum atomic E-state index is 14.6. The number of fused-ring (bicyclic) bond motifs is 1. The fourth-order valence-corrected chi connectivity index (χ4v) is 5.31. The van der Waals surface area contributed by atoms with Crippen molar-refractivity contribution in [2.45, 2.75) is 24.7 Å². The molecule has 2 aromatic carbocycles. The number of rotatable bonds is 3. The Balaban J connectivity index is 1.84. The maximum Gasteiger partial charge on any atom is 0.267 e. The SMILES string of the molecule is Cc1cccc2c1N(S(=O)(=O)c1cc(-c3cnn(C)c3)ccc1F)CCC2. The van der Waals surface area contributed by atoms with Crippen LogP contribution in [0.5, 0.6) is 0 Å². The van der Waals surface area contributed by atoms with E-state index < -0.39 is 15.8 Å². The number of halogens is 1. The lowest BCUT2D eigenvalue weighted by Crippen LogP contribution is -2.36. The van der Waals surface area contributed by atoms with E-state index in [1.54, 1.807) is 30.2 Å². The van der Waals surface area contributed by atoms with E-state index >= 15 is 0 Å². The van der Waals surface area contributed by atoms with Gasteiger partial charge in [-0.3, -0.25) is 8.99 Å². The Bertz CT molecular complexity index is 1120. The molecule has 1 aromatic heterocycles. The predicted octanol–water partition coefficient (Wildman–Crippen LogP) is 3.68. The summed E-state index contributed by atoms with van der Waals surface area (Å²) in [7, 11) is -2.25. The molecule has 27 heavy (non-hydrogen) atoms. The van der Waals surface area contributed by atoms with Gasteiger partial charge in [0.05, 0.1) is 11.9 Å². The van der Waals surface area contributed by atoms with E-state index in [9.17, 15) is 12.8 Å². The molecule has 0 N–H and O–H groups in total. The first-order valence-corrected chi connectivity index (χ1v) is 10.2. The van der Waals surface area contributed by atoms with Crippen LogP contribution in [0.1, 0.15) is 17.5 Å². The number of aryl methyl sites for hydroxylation is 3. The summed E-state index contributed by atoms with van der Waals surface area (Å²) in [5, 5.41) is 4.10. The van der Waals surface area contributed by atoms with Crippen molar-refractivity contribution in [1.29, 1.82) is 0 Å². The Hall–Kier alpha value is -2.67. The molecular weight excluding hydrogens is 365 g/mol. The van der Waals surface area contributed by atoms with Gasteiger partial charge in [-0.2, -0.15) is 5.10 Å². The molecule has 1 aliphatic rings.